The van der Waals surface area contributed by atoms with Gasteiger partial charge in [-0.15, -0.1) is 0 Å². The zero-order valence-electron chi connectivity index (χ0n) is 16.1. The average Bonchev–Trinajstić information content (AvgIpc) is 2.61. The number of alkyl carbamates (subject to hydrolysis) is 1. The van der Waals surface area contributed by atoms with E-state index in [1.165, 1.54) is 0 Å². The van der Waals surface area contributed by atoms with Gasteiger partial charge in [0, 0.05) is 11.8 Å². The molecule has 1 amide bonds. The van der Waals surface area contributed by atoms with Gasteiger partial charge in [0.05, 0.1) is 31.6 Å². The number of carbonyl (C=O) groups is 1. The number of amides is 1. The summed E-state index contributed by atoms with van der Waals surface area (Å²) in [6, 6.07) is 13.2. The minimum absolute atomic E-state index is 0.0872. The largest absolute Gasteiger partial charge is 0.444 e. The van der Waals surface area contributed by atoms with E-state index in [-0.39, 0.29) is 19.3 Å². The second kappa shape index (κ2) is 10.0. The molecule has 1 atom stereocenters. The molecular formula is C21H28N2O4. The van der Waals surface area contributed by atoms with Crippen LogP contribution in [0.3, 0.4) is 0 Å². The van der Waals surface area contributed by atoms with E-state index in [2.05, 4.69) is 10.3 Å². The van der Waals surface area contributed by atoms with Crippen molar-refractivity contribution in [3.63, 3.8) is 0 Å². The van der Waals surface area contributed by atoms with E-state index >= 15 is 0 Å². The summed E-state index contributed by atoms with van der Waals surface area (Å²) in [5, 5.41) is 12.3. The average molecular weight is 372 g/mol. The Hall–Kier alpha value is -2.44. The Bertz CT molecular complexity index is 714. The monoisotopic (exact) mass is 372 g/mol. The van der Waals surface area contributed by atoms with Crippen molar-refractivity contribution in [2.24, 2.45) is 0 Å². The molecule has 0 aliphatic heterocycles. The fourth-order valence-electron chi connectivity index (χ4n) is 2.57. The summed E-state index contributed by atoms with van der Waals surface area (Å²) in [6.07, 6.45) is 1.81. The summed E-state index contributed by atoms with van der Waals surface area (Å²) >= 11 is 0. The van der Waals surface area contributed by atoms with Crippen molar-refractivity contribution in [1.29, 1.82) is 0 Å². The van der Waals surface area contributed by atoms with Gasteiger partial charge >= 0.3 is 6.09 Å². The molecule has 0 saturated carbocycles. The lowest BCUT2D eigenvalue weighted by atomic mass is 10.1. The summed E-state index contributed by atoms with van der Waals surface area (Å²) in [6.45, 7) is 5.95. The fourth-order valence-corrected chi connectivity index (χ4v) is 2.57. The molecule has 1 aromatic carbocycles. The molecule has 0 spiro atoms. The van der Waals surface area contributed by atoms with Crippen LogP contribution in [0.4, 0.5) is 4.79 Å². The van der Waals surface area contributed by atoms with Gasteiger partial charge in [-0.2, -0.15) is 0 Å². The molecule has 2 rings (SSSR count). The number of aliphatic hydroxyl groups excluding tert-OH is 1. The van der Waals surface area contributed by atoms with Crippen LogP contribution < -0.4 is 5.32 Å². The van der Waals surface area contributed by atoms with Crippen molar-refractivity contribution in [1.82, 2.24) is 10.3 Å². The Labute approximate surface area is 160 Å². The normalized spacial score (nSPS) is 12.4. The van der Waals surface area contributed by atoms with Crippen LogP contribution in [0.1, 0.15) is 37.6 Å². The first-order valence-electron chi connectivity index (χ1n) is 9.02. The lowest BCUT2D eigenvalue weighted by Crippen LogP contribution is -2.42. The number of nitrogens with zero attached hydrogens (tertiary/aromatic N) is 1. The number of rotatable bonds is 8. The first kappa shape index (κ1) is 20.9. The third-order valence-corrected chi connectivity index (χ3v) is 3.76. The molecule has 0 aliphatic rings. The topological polar surface area (TPSA) is 80.7 Å². The van der Waals surface area contributed by atoms with E-state index in [0.717, 1.165) is 11.1 Å². The maximum absolute atomic E-state index is 12.2. The molecule has 146 valence electrons. The van der Waals surface area contributed by atoms with Gasteiger partial charge in [-0.05, 0) is 38.8 Å². The van der Waals surface area contributed by atoms with E-state index in [1.54, 1.807) is 12.3 Å². The summed E-state index contributed by atoms with van der Waals surface area (Å²) in [5.74, 6) is 0. The smallest absolute Gasteiger partial charge is 0.407 e. The molecule has 0 aliphatic carbocycles. The Kier molecular flexibility index (Phi) is 7.76. The summed E-state index contributed by atoms with van der Waals surface area (Å²) in [7, 11) is 0. The fraction of sp³-hybridized carbons (Fsp3) is 0.429. The molecule has 6 heteroatoms. The predicted molar refractivity (Wildman–Crippen MR) is 103 cm³/mol. The van der Waals surface area contributed by atoms with Crippen molar-refractivity contribution in [3.05, 3.63) is 65.5 Å². The van der Waals surface area contributed by atoms with Gasteiger partial charge in [-0.25, -0.2) is 4.79 Å². The Morgan fingerprint density at radius 2 is 1.93 bits per heavy atom. The van der Waals surface area contributed by atoms with Gasteiger partial charge in [0.2, 0.25) is 0 Å². The SMILES string of the molecule is CC(C)(C)OC(=O)N[C@@H](COCc1ncccc1CO)Cc1ccccc1. The second-order valence-corrected chi connectivity index (χ2v) is 7.32. The summed E-state index contributed by atoms with van der Waals surface area (Å²) in [4.78, 5) is 16.4. The lowest BCUT2D eigenvalue weighted by molar-refractivity contribution is 0.0426. The number of hydrogen-bond donors (Lipinski definition) is 2. The van der Waals surface area contributed by atoms with E-state index in [9.17, 15) is 9.90 Å². The highest BCUT2D eigenvalue weighted by molar-refractivity contribution is 5.68. The standard InChI is InChI=1S/C21H28N2O4/c1-21(2,3)27-20(25)23-18(12-16-8-5-4-6-9-16)14-26-15-19-17(13-24)10-7-11-22-19/h4-11,18,24H,12-15H2,1-3H3,(H,23,25)/t18-/m1/s1. The van der Waals surface area contributed by atoms with Crippen LogP contribution in [-0.4, -0.2) is 34.4 Å². The Balaban J connectivity index is 1.97. The zero-order chi connectivity index (χ0) is 19.7. The number of hydrogen-bond acceptors (Lipinski definition) is 5. The Morgan fingerprint density at radius 1 is 1.19 bits per heavy atom. The highest BCUT2D eigenvalue weighted by Crippen LogP contribution is 2.10. The van der Waals surface area contributed by atoms with Crippen molar-refractivity contribution in [2.75, 3.05) is 6.61 Å². The molecular weight excluding hydrogens is 344 g/mol. The van der Waals surface area contributed by atoms with Crippen LogP contribution in [0.2, 0.25) is 0 Å². The van der Waals surface area contributed by atoms with Crippen LogP contribution in [0.15, 0.2) is 48.7 Å². The van der Waals surface area contributed by atoms with E-state index in [0.29, 0.717) is 18.7 Å². The van der Waals surface area contributed by atoms with E-state index in [4.69, 9.17) is 9.47 Å². The molecule has 2 aromatic rings. The first-order chi connectivity index (χ1) is 12.9. The van der Waals surface area contributed by atoms with Gasteiger partial charge in [0.25, 0.3) is 0 Å². The number of aliphatic hydroxyl groups is 1. The predicted octanol–water partition coefficient (Wildman–Crippen LogP) is 3.23. The van der Waals surface area contributed by atoms with Crippen molar-refractivity contribution in [2.45, 2.75) is 52.0 Å². The maximum Gasteiger partial charge on any atom is 0.407 e. The summed E-state index contributed by atoms with van der Waals surface area (Å²) < 4.78 is 11.1. The van der Waals surface area contributed by atoms with Crippen LogP contribution >= 0.6 is 0 Å². The number of carbonyl (C=O) groups excluding carboxylic acids is 1. The van der Waals surface area contributed by atoms with Crippen molar-refractivity contribution in [3.8, 4) is 0 Å². The van der Waals surface area contributed by atoms with E-state index in [1.807, 2.05) is 57.2 Å². The molecule has 0 unspecified atom stereocenters. The molecule has 0 bridgehead atoms. The van der Waals surface area contributed by atoms with Crippen LogP contribution in [0, 0.1) is 0 Å². The molecule has 0 fully saturated rings. The quantitative estimate of drug-likeness (QED) is 0.744. The first-order valence-corrected chi connectivity index (χ1v) is 9.02. The maximum atomic E-state index is 12.2. The third kappa shape index (κ3) is 7.76. The minimum Gasteiger partial charge on any atom is -0.444 e. The molecule has 1 heterocycles. The van der Waals surface area contributed by atoms with Crippen molar-refractivity contribution >= 4 is 6.09 Å². The van der Waals surface area contributed by atoms with Gasteiger partial charge in [0.1, 0.15) is 5.60 Å². The summed E-state index contributed by atoms with van der Waals surface area (Å²) in [5.41, 5.74) is 1.95. The molecule has 6 nitrogen and oxygen atoms in total. The van der Waals surface area contributed by atoms with Crippen LogP contribution in [0.25, 0.3) is 0 Å². The zero-order valence-corrected chi connectivity index (χ0v) is 16.1. The molecule has 2 N–H and O–H groups in total. The molecule has 0 radical (unpaired) electrons. The molecule has 1 aromatic heterocycles. The van der Waals surface area contributed by atoms with Gasteiger partial charge in [-0.1, -0.05) is 36.4 Å². The van der Waals surface area contributed by atoms with Crippen molar-refractivity contribution < 1.29 is 19.4 Å². The number of aromatic nitrogens is 1. The van der Waals surface area contributed by atoms with Crippen LogP contribution in [0.5, 0.6) is 0 Å². The van der Waals surface area contributed by atoms with Crippen LogP contribution in [-0.2, 0) is 29.1 Å². The highest BCUT2D eigenvalue weighted by atomic mass is 16.6. The lowest BCUT2D eigenvalue weighted by Gasteiger charge is -2.24. The number of nitrogens with one attached hydrogen (secondary N) is 1. The second-order valence-electron chi connectivity index (χ2n) is 7.32. The van der Waals surface area contributed by atoms with E-state index < -0.39 is 11.7 Å². The highest BCUT2D eigenvalue weighted by Gasteiger charge is 2.20. The minimum atomic E-state index is -0.563. The number of pyridine rings is 1. The molecule has 27 heavy (non-hydrogen) atoms. The van der Waals surface area contributed by atoms with Gasteiger partial charge < -0.3 is 19.9 Å². The van der Waals surface area contributed by atoms with Gasteiger partial charge in [0.15, 0.2) is 0 Å². The Morgan fingerprint density at radius 3 is 2.59 bits per heavy atom. The third-order valence-electron chi connectivity index (χ3n) is 3.76. The molecule has 0 saturated heterocycles. The van der Waals surface area contributed by atoms with Gasteiger partial charge in [-0.3, -0.25) is 4.98 Å². The number of ether oxygens (including phenoxy) is 2. The number of benzene rings is 1.